The SMILES string of the molecule is CC1(C)C[C-](NC=O)CC(NC=O)C1.[CH3-].[CH3-].[Ti+3]. The van der Waals surface area contributed by atoms with Crippen molar-refractivity contribution in [2.45, 2.75) is 39.2 Å². The number of rotatable bonds is 4. The molecule has 1 atom stereocenters. The molecule has 0 bridgehead atoms. The second kappa shape index (κ2) is 9.66. The van der Waals surface area contributed by atoms with Crippen molar-refractivity contribution in [3.8, 4) is 0 Å². The summed E-state index contributed by atoms with van der Waals surface area (Å²) >= 11 is 0. The van der Waals surface area contributed by atoms with E-state index in [0.717, 1.165) is 31.7 Å². The molecule has 0 aromatic rings. The van der Waals surface area contributed by atoms with Gasteiger partial charge in [-0.15, -0.1) is 6.42 Å². The topological polar surface area (TPSA) is 58.2 Å². The molecule has 0 aliphatic heterocycles. The van der Waals surface area contributed by atoms with E-state index in [2.05, 4.69) is 24.5 Å². The van der Waals surface area contributed by atoms with Gasteiger partial charge in [0.25, 0.3) is 0 Å². The molecule has 0 saturated heterocycles. The van der Waals surface area contributed by atoms with Crippen LogP contribution in [-0.2, 0) is 31.3 Å². The largest absolute Gasteiger partial charge is 3.00 e. The first-order valence-corrected chi connectivity index (χ1v) is 4.82. The molecule has 1 radical (unpaired) electrons. The zero-order chi connectivity index (χ0) is 10.6. The monoisotopic (exact) mass is 275 g/mol. The number of carbonyl (C=O) groups excluding carboxylic acids is 2. The Morgan fingerprint density at radius 2 is 1.82 bits per heavy atom. The number of hydrogen-bond donors (Lipinski definition) is 2. The van der Waals surface area contributed by atoms with Crippen LogP contribution >= 0.6 is 0 Å². The number of nitrogens with one attached hydrogen (secondary N) is 2. The molecule has 1 saturated carbocycles. The fraction of sp³-hybridized carbons (Fsp3) is 0.583. The fourth-order valence-corrected chi connectivity index (χ4v) is 2.17. The molecule has 1 rings (SSSR count). The molecule has 1 aliphatic rings. The maximum atomic E-state index is 10.3. The van der Waals surface area contributed by atoms with Gasteiger partial charge in [0.2, 0.25) is 6.41 Å². The van der Waals surface area contributed by atoms with Gasteiger partial charge in [0, 0.05) is 6.04 Å². The van der Waals surface area contributed by atoms with E-state index in [1.807, 2.05) is 0 Å². The van der Waals surface area contributed by atoms with E-state index in [4.69, 9.17) is 0 Å². The first-order chi connectivity index (χ1) is 6.57. The molecule has 2 N–H and O–H groups in total. The van der Waals surface area contributed by atoms with Crippen molar-refractivity contribution in [3.05, 3.63) is 20.9 Å². The molecule has 1 fully saturated rings. The molecule has 0 heterocycles. The first-order valence-electron chi connectivity index (χ1n) is 4.82. The second-order valence-electron chi connectivity index (χ2n) is 4.60. The zero-order valence-corrected chi connectivity index (χ0v) is 12.7. The van der Waals surface area contributed by atoms with Crippen LogP contribution in [0, 0.1) is 26.3 Å². The molecule has 1 unspecified atom stereocenters. The third kappa shape index (κ3) is 7.56. The molecule has 4 nitrogen and oxygen atoms in total. The van der Waals surface area contributed by atoms with E-state index in [9.17, 15) is 9.59 Å². The number of hydrogen-bond acceptors (Lipinski definition) is 2. The minimum absolute atomic E-state index is 0. The third-order valence-electron chi connectivity index (χ3n) is 2.55. The van der Waals surface area contributed by atoms with Crippen molar-refractivity contribution < 1.29 is 31.3 Å². The van der Waals surface area contributed by atoms with E-state index in [1.165, 1.54) is 0 Å². The minimum atomic E-state index is 0. The van der Waals surface area contributed by atoms with Crippen LogP contribution in [0.25, 0.3) is 0 Å². The van der Waals surface area contributed by atoms with Gasteiger partial charge < -0.3 is 25.5 Å². The fourth-order valence-electron chi connectivity index (χ4n) is 2.17. The summed E-state index contributed by atoms with van der Waals surface area (Å²) < 4.78 is 0. The Hall–Kier alpha value is -0.346. The molecule has 0 aromatic heterocycles. The summed E-state index contributed by atoms with van der Waals surface area (Å²) in [6.07, 6.45) is 4.03. The molecule has 17 heavy (non-hydrogen) atoms. The van der Waals surface area contributed by atoms with Gasteiger partial charge in [-0.1, -0.05) is 19.3 Å². The van der Waals surface area contributed by atoms with E-state index in [0.29, 0.717) is 6.41 Å². The Balaban J connectivity index is -0.000000653. The molecule has 1 aliphatic carbocycles. The van der Waals surface area contributed by atoms with Gasteiger partial charge in [-0.2, -0.15) is 6.42 Å². The minimum Gasteiger partial charge on any atom is -0.505 e. The Morgan fingerprint density at radius 3 is 2.29 bits per heavy atom. The summed E-state index contributed by atoms with van der Waals surface area (Å²) in [5.74, 6) is 0. The van der Waals surface area contributed by atoms with Gasteiger partial charge in [0.05, 0.1) is 0 Å². The Labute approximate surface area is 120 Å². The van der Waals surface area contributed by atoms with Crippen molar-refractivity contribution in [2.24, 2.45) is 5.41 Å². The average molecular weight is 275 g/mol. The molecular weight excluding hydrogens is 252 g/mol. The Morgan fingerprint density at radius 1 is 1.24 bits per heavy atom. The van der Waals surface area contributed by atoms with Crippen molar-refractivity contribution in [3.63, 3.8) is 0 Å². The average Bonchev–Trinajstić information content (AvgIpc) is 2.01. The summed E-state index contributed by atoms with van der Waals surface area (Å²) in [6.45, 7) is 4.27. The van der Waals surface area contributed by atoms with Crippen LogP contribution in [-0.4, -0.2) is 18.9 Å². The summed E-state index contributed by atoms with van der Waals surface area (Å²) in [5.41, 5.74) is 0.143. The van der Waals surface area contributed by atoms with Gasteiger partial charge in [-0.05, 0) is 6.42 Å². The second-order valence-corrected chi connectivity index (χ2v) is 4.60. The molecule has 97 valence electrons. The molecule has 0 aromatic carbocycles. The predicted octanol–water partition coefficient (Wildman–Crippen LogP) is 1.49. The maximum absolute atomic E-state index is 10.3. The van der Waals surface area contributed by atoms with Crippen LogP contribution in [0.1, 0.15) is 33.1 Å². The van der Waals surface area contributed by atoms with E-state index >= 15 is 0 Å². The quantitative estimate of drug-likeness (QED) is 0.464. The summed E-state index contributed by atoms with van der Waals surface area (Å²) in [4.78, 5) is 20.7. The predicted molar refractivity (Wildman–Crippen MR) is 65.9 cm³/mol. The van der Waals surface area contributed by atoms with Crippen LogP contribution in [0.15, 0.2) is 0 Å². The van der Waals surface area contributed by atoms with Gasteiger partial charge >= 0.3 is 21.7 Å². The van der Waals surface area contributed by atoms with Crippen LogP contribution in [0.3, 0.4) is 0 Å². The summed E-state index contributed by atoms with van der Waals surface area (Å²) in [5, 5.41) is 5.48. The Bertz CT molecular complexity index is 203. The molecule has 5 heteroatoms. The molecular formula is C12H23N2O2Ti. The van der Waals surface area contributed by atoms with Crippen molar-refractivity contribution >= 4 is 12.8 Å². The van der Waals surface area contributed by atoms with Crippen molar-refractivity contribution in [2.75, 3.05) is 0 Å². The summed E-state index contributed by atoms with van der Waals surface area (Å²) in [7, 11) is 0. The molecule has 0 spiro atoms. The van der Waals surface area contributed by atoms with Crippen molar-refractivity contribution in [1.29, 1.82) is 0 Å². The standard InChI is InChI=1S/C10H17N2O2.2CH3.Ti/c1-10(2)4-8(11-6-13)3-9(5-10)12-7-14;;;/h6-8H,3-5H2,1-2H3,(H,11,13)(H,12,14);2*1H3;/q3*-1;+3. The summed E-state index contributed by atoms with van der Waals surface area (Å²) in [6, 6.07) is 1.16. The third-order valence-corrected chi connectivity index (χ3v) is 2.55. The Kier molecular flexibility index (Phi) is 12.4. The van der Waals surface area contributed by atoms with Gasteiger partial charge in [0.1, 0.15) is 0 Å². The van der Waals surface area contributed by atoms with E-state index in [1.54, 1.807) is 0 Å². The zero-order valence-electron chi connectivity index (χ0n) is 11.2. The normalized spacial score (nSPS) is 21.9. The van der Waals surface area contributed by atoms with Crippen LogP contribution in [0.4, 0.5) is 0 Å². The van der Waals surface area contributed by atoms with E-state index in [-0.39, 0.29) is 48.0 Å². The molecule has 2 amide bonds. The van der Waals surface area contributed by atoms with Crippen LogP contribution in [0.2, 0.25) is 0 Å². The van der Waals surface area contributed by atoms with Gasteiger partial charge in [-0.3, -0.25) is 9.59 Å². The number of amides is 2. The number of carbonyl (C=O) groups is 2. The van der Waals surface area contributed by atoms with Crippen LogP contribution < -0.4 is 10.6 Å². The van der Waals surface area contributed by atoms with Gasteiger partial charge in [-0.25, -0.2) is 6.04 Å². The van der Waals surface area contributed by atoms with Crippen LogP contribution in [0.5, 0.6) is 0 Å². The first kappa shape index (κ1) is 21.9. The smallest absolute Gasteiger partial charge is 0.505 e. The van der Waals surface area contributed by atoms with Gasteiger partial charge in [0.15, 0.2) is 6.41 Å². The maximum Gasteiger partial charge on any atom is 3.00 e. The van der Waals surface area contributed by atoms with E-state index < -0.39 is 0 Å². The van der Waals surface area contributed by atoms with Crippen molar-refractivity contribution in [1.82, 2.24) is 10.6 Å².